The molecule has 2 aromatic heterocycles. The number of sulfonamides is 1. The standard InChI is InChI=1S/C48H58ClF3N8O7S3/c1-32(30-59-21-23-68(62,53-4)24-22-59)56-42-12-10-39(27-44(42)69(63,64)48(50,51)52)70(65,66)57-46(61)40-11-9-37(26-43(40)67-38-25-34-14-16-54-45(34)55-29-38)60-19-17-58(18-20-60)31-35-13-15-47(2,3)28-41(35)33-5-7-36(49)8-6-33/h5-12,14,16,25-27,29,32,56,68H,13,15,17-24,28,30-31H2,1-4H3,(H,53,62)(H,54,55)(H,57,61)/t32-/m0/s1. The summed E-state index contributed by atoms with van der Waals surface area (Å²) in [6.07, 6.45) is 6.19. The molecule has 2 fully saturated rings. The number of anilines is 2. The van der Waals surface area contributed by atoms with Gasteiger partial charge in [-0.15, -0.1) is 10.1 Å². The lowest BCUT2D eigenvalue weighted by atomic mass is 9.72. The summed E-state index contributed by atoms with van der Waals surface area (Å²) in [4.78, 5) is 25.8. The lowest BCUT2D eigenvalue weighted by molar-refractivity contribution is -0.0435. The monoisotopic (exact) mass is 1050 g/mol. The molecule has 2 aliphatic heterocycles. The minimum Gasteiger partial charge on any atom is -0.455 e. The smallest absolute Gasteiger partial charge is 0.455 e. The van der Waals surface area contributed by atoms with Crippen molar-refractivity contribution in [2.45, 2.75) is 61.4 Å². The molecule has 5 aromatic rings. The van der Waals surface area contributed by atoms with Gasteiger partial charge in [0.25, 0.3) is 25.8 Å². The van der Waals surface area contributed by atoms with Gasteiger partial charge in [-0.3, -0.25) is 19.0 Å². The van der Waals surface area contributed by atoms with Crippen molar-refractivity contribution in [3.05, 3.63) is 107 Å². The molecule has 4 heterocycles. The van der Waals surface area contributed by atoms with E-state index in [1.165, 1.54) is 29.0 Å². The van der Waals surface area contributed by atoms with Crippen LogP contribution in [0.25, 0.3) is 16.6 Å². The molecule has 70 heavy (non-hydrogen) atoms. The fourth-order valence-corrected chi connectivity index (χ4v) is 13.2. The predicted octanol–water partition coefficient (Wildman–Crippen LogP) is 8.50. The largest absolute Gasteiger partial charge is 0.501 e. The Bertz CT molecular complexity index is 3070. The zero-order valence-corrected chi connectivity index (χ0v) is 42.5. The highest BCUT2D eigenvalue weighted by atomic mass is 35.5. The summed E-state index contributed by atoms with van der Waals surface area (Å²) in [5.41, 5.74) is -1.05. The van der Waals surface area contributed by atoms with E-state index in [0.29, 0.717) is 65.5 Å². The van der Waals surface area contributed by atoms with Gasteiger partial charge in [0.15, 0.2) is 0 Å². The van der Waals surface area contributed by atoms with Crippen molar-refractivity contribution in [3.63, 3.8) is 0 Å². The Morgan fingerprint density at radius 1 is 0.971 bits per heavy atom. The first-order chi connectivity index (χ1) is 33.0. The molecule has 2 saturated heterocycles. The van der Waals surface area contributed by atoms with Crippen LogP contribution in [0, 0.1) is 5.41 Å². The van der Waals surface area contributed by atoms with Gasteiger partial charge in [0.05, 0.1) is 22.3 Å². The fraction of sp³-hybridized carbons (Fsp3) is 0.417. The number of carbonyl (C=O) groups is 1. The quantitative estimate of drug-likeness (QED) is 0.0669. The number of alkyl halides is 3. The van der Waals surface area contributed by atoms with Crippen LogP contribution >= 0.6 is 11.6 Å². The number of aromatic nitrogens is 2. The highest BCUT2D eigenvalue weighted by molar-refractivity contribution is 8.00. The van der Waals surface area contributed by atoms with E-state index >= 15 is 0 Å². The number of amides is 1. The third-order valence-corrected chi connectivity index (χ3v) is 19.0. The number of aromatic amines is 1. The van der Waals surface area contributed by atoms with E-state index in [-0.39, 0.29) is 29.0 Å². The van der Waals surface area contributed by atoms with E-state index in [2.05, 4.69) is 55.4 Å². The number of halogens is 4. The van der Waals surface area contributed by atoms with Crippen molar-refractivity contribution in [1.29, 1.82) is 0 Å². The molecule has 1 atom stereocenters. The summed E-state index contributed by atoms with van der Waals surface area (Å²) in [6, 6.07) is 17.9. The fourth-order valence-electron chi connectivity index (χ4n) is 9.26. The minimum atomic E-state index is -6.10. The first-order valence-electron chi connectivity index (χ1n) is 22.9. The number of hydrogen-bond acceptors (Lipinski definition) is 12. The predicted molar refractivity (Wildman–Crippen MR) is 271 cm³/mol. The van der Waals surface area contributed by atoms with Crippen molar-refractivity contribution >= 4 is 75.5 Å². The topological polar surface area (TPSA) is 190 Å². The molecule has 0 radical (unpaired) electrons. The molecular weight excluding hydrogens is 989 g/mol. The number of fused-ring (bicyclic) bond motifs is 1. The number of sulfone groups is 1. The summed E-state index contributed by atoms with van der Waals surface area (Å²) >= 11 is 6.24. The first-order valence-corrected chi connectivity index (χ1v) is 28.3. The number of thiol groups is 1. The molecule has 1 aliphatic carbocycles. The summed E-state index contributed by atoms with van der Waals surface area (Å²) in [7, 11) is -11.9. The van der Waals surface area contributed by atoms with Gasteiger partial charge in [0.2, 0.25) is 0 Å². The maximum Gasteiger partial charge on any atom is 0.501 e. The zero-order valence-electron chi connectivity index (χ0n) is 39.3. The molecule has 0 saturated carbocycles. The summed E-state index contributed by atoms with van der Waals surface area (Å²) in [5.74, 6) is -0.0613. The number of nitrogens with zero attached hydrogens (tertiary/aromatic N) is 5. The second-order valence-electron chi connectivity index (χ2n) is 19.0. The van der Waals surface area contributed by atoms with Gasteiger partial charge < -0.3 is 24.5 Å². The number of nitrogens with one attached hydrogen (secondary N) is 3. The second-order valence-corrected chi connectivity index (χ2v) is 26.1. The maximum absolute atomic E-state index is 14.2. The van der Waals surface area contributed by atoms with E-state index in [4.69, 9.17) is 16.3 Å². The Balaban J connectivity index is 1.02. The lowest BCUT2D eigenvalue weighted by Gasteiger charge is -2.39. The average molecular weight is 1050 g/mol. The summed E-state index contributed by atoms with van der Waals surface area (Å²) in [6.45, 7) is 11.1. The van der Waals surface area contributed by atoms with E-state index in [1.807, 2.05) is 21.8 Å². The molecule has 0 unspecified atom stereocenters. The van der Waals surface area contributed by atoms with Crippen LogP contribution in [-0.2, 0) is 30.0 Å². The molecule has 378 valence electrons. The summed E-state index contributed by atoms with van der Waals surface area (Å²) in [5, 5.41) is 4.21. The molecule has 0 spiro atoms. The Hall–Kier alpha value is -5.03. The van der Waals surface area contributed by atoms with Gasteiger partial charge in [-0.2, -0.15) is 13.2 Å². The molecule has 1 amide bonds. The molecule has 0 bridgehead atoms. The van der Waals surface area contributed by atoms with E-state index < -0.39 is 62.9 Å². The van der Waals surface area contributed by atoms with Crippen LogP contribution in [0.3, 0.4) is 0 Å². The number of piperazine rings is 1. The number of H-pyrrole nitrogens is 1. The number of carbonyl (C=O) groups excluding carboxylic acids is 1. The van der Waals surface area contributed by atoms with Crippen LogP contribution in [0.2, 0.25) is 5.02 Å². The summed E-state index contributed by atoms with van der Waals surface area (Å²) < 4.78 is 119. The van der Waals surface area contributed by atoms with Crippen molar-refractivity contribution in [1.82, 2.24) is 24.5 Å². The number of benzene rings is 3. The third-order valence-electron chi connectivity index (χ3n) is 13.3. The van der Waals surface area contributed by atoms with Crippen molar-refractivity contribution in [2.24, 2.45) is 9.78 Å². The molecule has 3 aliphatic rings. The molecule has 8 rings (SSSR count). The Morgan fingerprint density at radius 2 is 1.69 bits per heavy atom. The van der Waals surface area contributed by atoms with Gasteiger partial charge >= 0.3 is 5.51 Å². The van der Waals surface area contributed by atoms with Gasteiger partial charge in [0, 0.05) is 105 Å². The van der Waals surface area contributed by atoms with E-state index in [9.17, 15) is 39.4 Å². The highest BCUT2D eigenvalue weighted by Crippen LogP contribution is 2.44. The number of allylic oxidation sites excluding steroid dienone is 1. The molecule has 22 heteroatoms. The Morgan fingerprint density at radius 3 is 2.37 bits per heavy atom. The molecule has 15 nitrogen and oxygen atoms in total. The van der Waals surface area contributed by atoms with Gasteiger partial charge in [-0.05, 0) is 97.3 Å². The SMILES string of the molecule is CN=[SH]1(O)CCN(C[C@H](C)Nc2ccc(S(=O)(=O)NC(=O)c3ccc(N4CCN(CC5=C(c6ccc(Cl)cc6)CC(C)(C)CC5)CC4)cc3Oc3cnc4[nH]ccc4c3)cc2S(=O)(=O)C(F)(F)F)CC1. The maximum atomic E-state index is 14.2. The van der Waals surface area contributed by atoms with Crippen LogP contribution in [0.1, 0.15) is 56.0 Å². The number of pyridine rings is 1. The van der Waals surface area contributed by atoms with Crippen LogP contribution in [-0.4, -0.2) is 130 Å². The van der Waals surface area contributed by atoms with Gasteiger partial charge in [0.1, 0.15) is 22.0 Å². The average Bonchev–Trinajstić information content (AvgIpc) is 3.78. The van der Waals surface area contributed by atoms with E-state index in [1.54, 1.807) is 44.4 Å². The highest BCUT2D eigenvalue weighted by Gasteiger charge is 2.48. The first kappa shape index (κ1) is 51.3. The number of ether oxygens (including phenoxy) is 1. The second kappa shape index (κ2) is 20.2. The van der Waals surface area contributed by atoms with Crippen molar-refractivity contribution in [3.8, 4) is 11.5 Å². The molecular formula is C48H58ClF3N8O7S3. The van der Waals surface area contributed by atoms with Crippen LogP contribution in [0.4, 0.5) is 24.5 Å². The number of hydrogen-bond donors (Lipinski definition) is 5. The van der Waals surface area contributed by atoms with Crippen LogP contribution in [0.5, 0.6) is 11.5 Å². The van der Waals surface area contributed by atoms with Crippen molar-refractivity contribution < 1.29 is 44.1 Å². The van der Waals surface area contributed by atoms with Gasteiger partial charge in [-0.1, -0.05) is 43.2 Å². The normalized spacial score (nSPS) is 19.1. The lowest BCUT2D eigenvalue weighted by Crippen LogP contribution is -2.47. The number of rotatable bonds is 14. The third kappa shape index (κ3) is 11.7. The van der Waals surface area contributed by atoms with Crippen molar-refractivity contribution in [2.75, 3.05) is 81.1 Å². The minimum absolute atomic E-state index is 0.0230. The Labute approximate surface area is 412 Å². The Kier molecular flexibility index (Phi) is 14.8. The molecule has 4 N–H and O–H groups in total. The van der Waals surface area contributed by atoms with E-state index in [0.717, 1.165) is 51.0 Å². The zero-order chi connectivity index (χ0) is 50.2. The van der Waals surface area contributed by atoms with Gasteiger partial charge in [-0.25, -0.2) is 26.5 Å². The molecule has 3 aromatic carbocycles. The van der Waals surface area contributed by atoms with Crippen LogP contribution < -0.4 is 19.7 Å². The van der Waals surface area contributed by atoms with Crippen LogP contribution in [0.15, 0.2) is 105 Å².